The summed E-state index contributed by atoms with van der Waals surface area (Å²) in [5.41, 5.74) is 3.23. The second-order valence-corrected chi connectivity index (χ2v) is 10.2. The number of anilines is 2. The summed E-state index contributed by atoms with van der Waals surface area (Å²) in [5.74, 6) is 0.202. The molecule has 0 heterocycles. The minimum Gasteiger partial charge on any atom is -0.484 e. The molecule has 0 bridgehead atoms. The standard InChI is InChI=1S/C23H23IN2O4S/c1-17-3-5-18(6-4-17)15-26(31(2,28)29)21-11-13-22(14-12-21)30-16-23(27)25-20-9-7-19(24)8-10-20/h3-14H,15-16H2,1-2H3,(H,25,27). The molecule has 162 valence electrons. The quantitative estimate of drug-likeness (QED) is 0.417. The molecule has 3 aromatic carbocycles. The number of amides is 1. The van der Waals surface area contributed by atoms with Gasteiger partial charge in [-0.25, -0.2) is 8.42 Å². The van der Waals surface area contributed by atoms with Crippen LogP contribution in [0.4, 0.5) is 11.4 Å². The highest BCUT2D eigenvalue weighted by molar-refractivity contribution is 14.1. The summed E-state index contributed by atoms with van der Waals surface area (Å²) in [7, 11) is -3.47. The van der Waals surface area contributed by atoms with Crippen molar-refractivity contribution in [2.75, 3.05) is 22.5 Å². The van der Waals surface area contributed by atoms with E-state index in [1.54, 1.807) is 24.3 Å². The molecule has 0 saturated carbocycles. The lowest BCUT2D eigenvalue weighted by Gasteiger charge is -2.23. The van der Waals surface area contributed by atoms with Crippen molar-refractivity contribution in [2.45, 2.75) is 13.5 Å². The number of carbonyl (C=O) groups is 1. The Labute approximate surface area is 196 Å². The number of carbonyl (C=O) groups excluding carboxylic acids is 1. The Balaban J connectivity index is 1.63. The van der Waals surface area contributed by atoms with Gasteiger partial charge in [0.15, 0.2) is 6.61 Å². The van der Waals surface area contributed by atoms with E-state index >= 15 is 0 Å². The normalized spacial score (nSPS) is 11.1. The Hall–Kier alpha value is -2.59. The maximum absolute atomic E-state index is 12.3. The number of rotatable bonds is 8. The SMILES string of the molecule is Cc1ccc(CN(c2ccc(OCC(=O)Nc3ccc(I)cc3)cc2)S(C)(=O)=O)cc1. The smallest absolute Gasteiger partial charge is 0.262 e. The van der Waals surface area contributed by atoms with Crippen molar-refractivity contribution in [1.29, 1.82) is 0 Å². The topological polar surface area (TPSA) is 75.7 Å². The molecule has 0 aliphatic carbocycles. The minimum atomic E-state index is -3.47. The Morgan fingerprint density at radius 1 is 0.968 bits per heavy atom. The number of hydrogen-bond donors (Lipinski definition) is 1. The number of benzene rings is 3. The molecule has 0 unspecified atom stereocenters. The maximum atomic E-state index is 12.3. The molecule has 0 fully saturated rings. The summed E-state index contributed by atoms with van der Waals surface area (Å²) in [6.45, 7) is 2.07. The van der Waals surface area contributed by atoms with Gasteiger partial charge in [-0.2, -0.15) is 0 Å². The van der Waals surface area contributed by atoms with Crippen LogP contribution in [0.5, 0.6) is 5.75 Å². The van der Waals surface area contributed by atoms with E-state index in [4.69, 9.17) is 4.74 Å². The molecule has 3 aromatic rings. The molecule has 0 atom stereocenters. The predicted octanol–water partition coefficient (Wildman–Crippen LogP) is 4.58. The average molecular weight is 550 g/mol. The third-order valence-electron chi connectivity index (χ3n) is 4.47. The Bertz CT molecular complexity index is 1130. The first-order valence-corrected chi connectivity index (χ1v) is 12.4. The van der Waals surface area contributed by atoms with Crippen LogP contribution >= 0.6 is 22.6 Å². The monoisotopic (exact) mass is 550 g/mol. The molecule has 0 aromatic heterocycles. The number of nitrogens with zero attached hydrogens (tertiary/aromatic N) is 1. The molecule has 0 spiro atoms. The van der Waals surface area contributed by atoms with Gasteiger partial charge >= 0.3 is 0 Å². The predicted molar refractivity (Wildman–Crippen MR) is 132 cm³/mol. The third kappa shape index (κ3) is 6.96. The molecular formula is C23H23IN2O4S. The van der Waals surface area contributed by atoms with Crippen LogP contribution in [-0.2, 0) is 21.4 Å². The fourth-order valence-corrected chi connectivity index (χ4v) is 4.09. The van der Waals surface area contributed by atoms with E-state index in [2.05, 4.69) is 27.9 Å². The second-order valence-electron chi connectivity index (χ2n) is 7.09. The van der Waals surface area contributed by atoms with Gasteiger partial charge in [-0.3, -0.25) is 9.10 Å². The molecule has 0 aliphatic heterocycles. The van der Waals surface area contributed by atoms with Gasteiger partial charge in [0.05, 0.1) is 18.5 Å². The summed E-state index contributed by atoms with van der Waals surface area (Å²) in [5, 5.41) is 2.77. The van der Waals surface area contributed by atoms with Gasteiger partial charge in [-0.15, -0.1) is 0 Å². The number of sulfonamides is 1. The molecule has 0 aliphatic rings. The van der Waals surface area contributed by atoms with Crippen molar-refractivity contribution in [3.05, 3.63) is 87.5 Å². The van der Waals surface area contributed by atoms with Crippen LogP contribution in [0.2, 0.25) is 0 Å². The second kappa shape index (κ2) is 10.1. The van der Waals surface area contributed by atoms with Crippen molar-refractivity contribution in [3.63, 3.8) is 0 Å². The summed E-state index contributed by atoms with van der Waals surface area (Å²) in [6, 6.07) is 21.8. The van der Waals surface area contributed by atoms with E-state index in [0.717, 1.165) is 14.7 Å². The molecule has 0 saturated heterocycles. The largest absolute Gasteiger partial charge is 0.484 e. The molecule has 1 N–H and O–H groups in total. The first kappa shape index (κ1) is 23.1. The van der Waals surface area contributed by atoms with Crippen molar-refractivity contribution >= 4 is 49.9 Å². The highest BCUT2D eigenvalue weighted by Crippen LogP contribution is 2.24. The fourth-order valence-electron chi connectivity index (χ4n) is 2.85. The molecular weight excluding hydrogens is 527 g/mol. The third-order valence-corrected chi connectivity index (χ3v) is 6.33. The molecule has 8 heteroatoms. The lowest BCUT2D eigenvalue weighted by Crippen LogP contribution is -2.29. The van der Waals surface area contributed by atoms with Crippen molar-refractivity contribution < 1.29 is 17.9 Å². The van der Waals surface area contributed by atoms with Gasteiger partial charge in [-0.05, 0) is 83.6 Å². The van der Waals surface area contributed by atoms with E-state index in [-0.39, 0.29) is 19.1 Å². The molecule has 0 radical (unpaired) electrons. The number of aryl methyl sites for hydroxylation is 1. The van der Waals surface area contributed by atoms with Crippen LogP contribution in [-0.4, -0.2) is 27.2 Å². The van der Waals surface area contributed by atoms with Crippen LogP contribution in [0.15, 0.2) is 72.8 Å². The zero-order valence-electron chi connectivity index (χ0n) is 17.2. The number of ether oxygens (including phenoxy) is 1. The maximum Gasteiger partial charge on any atom is 0.262 e. The molecule has 6 nitrogen and oxygen atoms in total. The molecule has 1 amide bonds. The van der Waals surface area contributed by atoms with E-state index in [1.165, 1.54) is 10.6 Å². The van der Waals surface area contributed by atoms with Gasteiger partial charge < -0.3 is 10.1 Å². The summed E-state index contributed by atoms with van der Waals surface area (Å²) in [4.78, 5) is 12.1. The first-order chi connectivity index (χ1) is 14.7. The van der Waals surface area contributed by atoms with Crippen molar-refractivity contribution in [3.8, 4) is 5.75 Å². The summed E-state index contributed by atoms with van der Waals surface area (Å²) in [6.07, 6.45) is 1.18. The average Bonchev–Trinajstić information content (AvgIpc) is 2.73. The zero-order chi connectivity index (χ0) is 22.4. The Morgan fingerprint density at radius 3 is 2.16 bits per heavy atom. The van der Waals surface area contributed by atoms with E-state index in [1.807, 2.05) is 55.5 Å². The Morgan fingerprint density at radius 2 is 1.58 bits per heavy atom. The highest BCUT2D eigenvalue weighted by Gasteiger charge is 2.18. The summed E-state index contributed by atoms with van der Waals surface area (Å²) < 4.78 is 32.6. The van der Waals surface area contributed by atoms with Crippen LogP contribution in [0.3, 0.4) is 0 Å². The highest BCUT2D eigenvalue weighted by atomic mass is 127. The summed E-state index contributed by atoms with van der Waals surface area (Å²) >= 11 is 2.20. The number of hydrogen-bond acceptors (Lipinski definition) is 4. The fraction of sp³-hybridized carbons (Fsp3) is 0.174. The zero-order valence-corrected chi connectivity index (χ0v) is 20.2. The van der Waals surface area contributed by atoms with Crippen LogP contribution in [0, 0.1) is 10.5 Å². The van der Waals surface area contributed by atoms with Gasteiger partial charge in [0.25, 0.3) is 5.91 Å². The Kier molecular flexibility index (Phi) is 7.55. The number of nitrogens with one attached hydrogen (secondary N) is 1. The lowest BCUT2D eigenvalue weighted by molar-refractivity contribution is -0.118. The van der Waals surface area contributed by atoms with Crippen LogP contribution < -0.4 is 14.4 Å². The lowest BCUT2D eigenvalue weighted by atomic mass is 10.1. The van der Waals surface area contributed by atoms with E-state index < -0.39 is 10.0 Å². The minimum absolute atomic E-state index is 0.148. The first-order valence-electron chi connectivity index (χ1n) is 9.52. The van der Waals surface area contributed by atoms with E-state index in [0.29, 0.717) is 17.1 Å². The van der Waals surface area contributed by atoms with Crippen molar-refractivity contribution in [1.82, 2.24) is 0 Å². The van der Waals surface area contributed by atoms with Gasteiger partial charge in [-0.1, -0.05) is 29.8 Å². The molecule has 31 heavy (non-hydrogen) atoms. The van der Waals surface area contributed by atoms with Gasteiger partial charge in [0.2, 0.25) is 10.0 Å². The van der Waals surface area contributed by atoms with Crippen molar-refractivity contribution in [2.24, 2.45) is 0 Å². The van der Waals surface area contributed by atoms with Gasteiger partial charge in [0.1, 0.15) is 5.75 Å². The number of halogens is 1. The van der Waals surface area contributed by atoms with Gasteiger partial charge in [0, 0.05) is 9.26 Å². The molecule has 3 rings (SSSR count). The van der Waals surface area contributed by atoms with Crippen LogP contribution in [0.1, 0.15) is 11.1 Å². The van der Waals surface area contributed by atoms with E-state index in [9.17, 15) is 13.2 Å². The van der Waals surface area contributed by atoms with Crippen LogP contribution in [0.25, 0.3) is 0 Å².